The SMILES string of the molecule is CCCCNS(=O)(=O)OC[C@@]12OC[C@H]3OS(=O)(=O)O[C@H]3[C@@H]1OC(C)(C)O2. The minimum atomic E-state index is -4.18. The molecule has 1 N–H and O–H groups in total. The Balaban J connectivity index is 1.75. The summed E-state index contributed by atoms with van der Waals surface area (Å²) in [6.07, 6.45) is -1.52. The van der Waals surface area contributed by atoms with E-state index in [0.29, 0.717) is 6.42 Å². The molecule has 0 radical (unpaired) electrons. The molecule has 0 bridgehead atoms. The van der Waals surface area contributed by atoms with Crippen LogP contribution in [-0.2, 0) is 47.5 Å². The van der Waals surface area contributed by atoms with Gasteiger partial charge in [-0.15, -0.1) is 0 Å². The van der Waals surface area contributed by atoms with Crippen molar-refractivity contribution in [1.82, 2.24) is 4.72 Å². The van der Waals surface area contributed by atoms with Crippen molar-refractivity contribution in [2.75, 3.05) is 19.8 Å². The van der Waals surface area contributed by atoms with Crippen LogP contribution < -0.4 is 4.72 Å². The van der Waals surface area contributed by atoms with E-state index in [4.69, 9.17) is 26.8 Å². The lowest BCUT2D eigenvalue weighted by Gasteiger charge is -2.39. The minimum Gasteiger partial charge on any atom is -0.343 e. The maximum atomic E-state index is 12.0. The second-order valence-corrected chi connectivity index (χ2v) is 9.37. The maximum Gasteiger partial charge on any atom is 0.400 e. The lowest BCUT2D eigenvalue weighted by molar-refractivity contribution is -0.290. The normalized spacial score (nSPS) is 38.0. The predicted octanol–water partition coefficient (Wildman–Crippen LogP) is -0.456. The van der Waals surface area contributed by atoms with Crippen molar-refractivity contribution in [3.8, 4) is 0 Å². The highest BCUT2D eigenvalue weighted by molar-refractivity contribution is 7.84. The molecule has 13 heteroatoms. The van der Waals surface area contributed by atoms with Crippen molar-refractivity contribution in [1.29, 1.82) is 0 Å². The summed E-state index contributed by atoms with van der Waals surface area (Å²) in [4.78, 5) is 0. The van der Waals surface area contributed by atoms with Gasteiger partial charge in [-0.25, -0.2) is 8.37 Å². The molecule has 4 atom stereocenters. The zero-order chi connectivity index (χ0) is 19.2. The molecule has 3 rings (SSSR count). The lowest BCUT2D eigenvalue weighted by atomic mass is 9.98. The number of nitrogens with one attached hydrogen (secondary N) is 1. The van der Waals surface area contributed by atoms with Gasteiger partial charge in [0.2, 0.25) is 5.79 Å². The van der Waals surface area contributed by atoms with Crippen LogP contribution in [0.2, 0.25) is 0 Å². The fourth-order valence-corrected chi connectivity index (χ4v) is 4.88. The molecule has 3 aliphatic rings. The first-order chi connectivity index (χ1) is 12.0. The highest BCUT2D eigenvalue weighted by Crippen LogP contribution is 2.46. The van der Waals surface area contributed by atoms with Crippen LogP contribution in [0.5, 0.6) is 0 Å². The third-order valence-corrected chi connectivity index (χ3v) is 6.04. The number of fused-ring (bicyclic) bond motifs is 3. The molecular weight excluding hydrogens is 394 g/mol. The van der Waals surface area contributed by atoms with Crippen LogP contribution in [0.3, 0.4) is 0 Å². The van der Waals surface area contributed by atoms with E-state index < -0.39 is 57.2 Å². The summed E-state index contributed by atoms with van der Waals surface area (Å²) in [7, 11) is -8.21. The molecule has 152 valence electrons. The molecule has 0 aromatic heterocycles. The molecule has 0 aromatic carbocycles. The van der Waals surface area contributed by atoms with Crippen molar-refractivity contribution in [3.63, 3.8) is 0 Å². The van der Waals surface area contributed by atoms with E-state index in [1.807, 2.05) is 6.92 Å². The second kappa shape index (κ2) is 6.90. The monoisotopic (exact) mass is 417 g/mol. The third kappa shape index (κ3) is 4.20. The van der Waals surface area contributed by atoms with Crippen LogP contribution in [0.4, 0.5) is 0 Å². The van der Waals surface area contributed by atoms with Gasteiger partial charge in [-0.2, -0.15) is 21.6 Å². The van der Waals surface area contributed by atoms with Crippen LogP contribution in [0.15, 0.2) is 0 Å². The molecule has 3 fully saturated rings. The predicted molar refractivity (Wildman–Crippen MR) is 85.2 cm³/mol. The standard InChI is InChI=1S/C13H23NO10S2/c1-4-5-6-14-25(15,16)20-8-13-11(21-12(2,3)24-13)10-9(7-19-13)22-26(17,18)23-10/h9-11,14H,4-8H2,1-3H3/t9-,10-,11+,13+/m1/s1. The summed E-state index contributed by atoms with van der Waals surface area (Å²) in [6, 6.07) is 0. The van der Waals surface area contributed by atoms with Gasteiger partial charge in [0, 0.05) is 6.54 Å². The van der Waals surface area contributed by atoms with Gasteiger partial charge in [-0.05, 0) is 20.3 Å². The van der Waals surface area contributed by atoms with Gasteiger partial charge < -0.3 is 14.2 Å². The van der Waals surface area contributed by atoms with Crippen LogP contribution in [0.1, 0.15) is 33.6 Å². The fourth-order valence-electron chi connectivity index (χ4n) is 3.07. The molecule has 0 spiro atoms. The summed E-state index contributed by atoms with van der Waals surface area (Å²) in [6.45, 7) is 4.61. The number of unbranched alkanes of at least 4 members (excludes halogenated alkanes) is 1. The average molecular weight is 417 g/mol. The Morgan fingerprint density at radius 1 is 1.27 bits per heavy atom. The van der Waals surface area contributed by atoms with Gasteiger partial charge in [0.1, 0.15) is 24.9 Å². The van der Waals surface area contributed by atoms with Gasteiger partial charge in [-0.3, -0.25) is 4.18 Å². The van der Waals surface area contributed by atoms with Crippen LogP contribution in [0, 0.1) is 0 Å². The average Bonchev–Trinajstić information content (AvgIpc) is 2.97. The summed E-state index contributed by atoms with van der Waals surface area (Å²) in [5, 5.41) is 0. The summed E-state index contributed by atoms with van der Waals surface area (Å²) >= 11 is 0. The largest absolute Gasteiger partial charge is 0.400 e. The molecule has 26 heavy (non-hydrogen) atoms. The quantitative estimate of drug-likeness (QED) is 0.542. The maximum absolute atomic E-state index is 12.0. The topological polar surface area (TPSA) is 136 Å². The van der Waals surface area contributed by atoms with Gasteiger partial charge in [-0.1, -0.05) is 13.3 Å². The van der Waals surface area contributed by atoms with Crippen LogP contribution in [-0.4, -0.2) is 66.5 Å². The van der Waals surface area contributed by atoms with E-state index in [-0.39, 0.29) is 13.2 Å². The molecule has 3 heterocycles. The first-order valence-electron chi connectivity index (χ1n) is 8.25. The Hall–Kier alpha value is -0.380. The Morgan fingerprint density at radius 3 is 2.69 bits per heavy atom. The highest BCUT2D eigenvalue weighted by atomic mass is 32.3. The lowest BCUT2D eigenvalue weighted by Crippen LogP contribution is -2.60. The van der Waals surface area contributed by atoms with E-state index in [0.717, 1.165) is 6.42 Å². The molecule has 3 saturated heterocycles. The molecule has 3 aliphatic heterocycles. The third-order valence-electron chi connectivity index (χ3n) is 4.11. The van der Waals surface area contributed by atoms with E-state index in [1.54, 1.807) is 13.8 Å². The number of ether oxygens (including phenoxy) is 3. The molecular formula is C13H23NO10S2. The van der Waals surface area contributed by atoms with E-state index in [1.165, 1.54) is 0 Å². The number of rotatable bonds is 7. The van der Waals surface area contributed by atoms with Crippen molar-refractivity contribution >= 4 is 20.7 Å². The van der Waals surface area contributed by atoms with Crippen molar-refractivity contribution in [3.05, 3.63) is 0 Å². The zero-order valence-corrected chi connectivity index (χ0v) is 16.3. The number of hydrogen-bond acceptors (Lipinski definition) is 10. The van der Waals surface area contributed by atoms with Crippen molar-refractivity contribution in [2.24, 2.45) is 0 Å². The molecule has 0 saturated carbocycles. The second-order valence-electron chi connectivity index (χ2n) is 6.73. The zero-order valence-electron chi connectivity index (χ0n) is 14.7. The van der Waals surface area contributed by atoms with E-state index in [9.17, 15) is 16.8 Å². The summed E-state index contributed by atoms with van der Waals surface area (Å²) in [5.74, 6) is -2.81. The highest BCUT2D eigenvalue weighted by Gasteiger charge is 2.66. The Labute approximate surface area is 152 Å². The van der Waals surface area contributed by atoms with Gasteiger partial charge in [0.05, 0.1) is 6.61 Å². The Kier molecular flexibility index (Phi) is 5.40. The van der Waals surface area contributed by atoms with Crippen LogP contribution >= 0.6 is 0 Å². The first kappa shape index (κ1) is 20.4. The van der Waals surface area contributed by atoms with E-state index in [2.05, 4.69) is 4.72 Å². The van der Waals surface area contributed by atoms with Crippen LogP contribution in [0.25, 0.3) is 0 Å². The van der Waals surface area contributed by atoms with Crippen molar-refractivity contribution < 1.29 is 43.6 Å². The fraction of sp³-hybridized carbons (Fsp3) is 1.00. The van der Waals surface area contributed by atoms with E-state index >= 15 is 0 Å². The van der Waals surface area contributed by atoms with Gasteiger partial charge >= 0.3 is 20.7 Å². The molecule has 0 amide bonds. The van der Waals surface area contributed by atoms with Gasteiger partial charge in [0.15, 0.2) is 5.79 Å². The van der Waals surface area contributed by atoms with Gasteiger partial charge in [0.25, 0.3) is 0 Å². The summed E-state index contributed by atoms with van der Waals surface area (Å²) in [5.41, 5.74) is 0. The Bertz CT molecular complexity index is 736. The van der Waals surface area contributed by atoms with Crippen molar-refractivity contribution in [2.45, 2.75) is 63.5 Å². The molecule has 11 nitrogen and oxygen atoms in total. The Morgan fingerprint density at radius 2 is 2.00 bits per heavy atom. The smallest absolute Gasteiger partial charge is 0.343 e. The summed E-state index contributed by atoms with van der Waals surface area (Å²) < 4.78 is 81.3. The molecule has 0 unspecified atom stereocenters. The number of hydrogen-bond donors (Lipinski definition) is 1. The first-order valence-corrected chi connectivity index (χ1v) is 11.0. The molecule has 0 aliphatic carbocycles. The minimum absolute atomic E-state index is 0.188. The molecule has 0 aromatic rings.